The standard InChI is InChI=1S/C10H19NO4/c1-3-6-15-7-5-9(12)11-8(4-2)10(13)14/h8H,3-7H2,1-2H3,(H,11,12)(H,13,14). The Hall–Kier alpha value is -1.10. The molecule has 5 heteroatoms. The van der Waals surface area contributed by atoms with Crippen LogP contribution in [-0.4, -0.2) is 36.2 Å². The van der Waals surface area contributed by atoms with Gasteiger partial charge in [-0.15, -0.1) is 0 Å². The van der Waals surface area contributed by atoms with Gasteiger partial charge in [0.25, 0.3) is 0 Å². The maximum atomic E-state index is 11.2. The Morgan fingerprint density at radius 2 is 2.00 bits per heavy atom. The summed E-state index contributed by atoms with van der Waals surface area (Å²) in [6.45, 7) is 4.67. The molecule has 0 aliphatic carbocycles. The average molecular weight is 217 g/mol. The number of aliphatic carboxylic acids is 1. The predicted molar refractivity (Wildman–Crippen MR) is 55.6 cm³/mol. The highest BCUT2D eigenvalue weighted by Crippen LogP contribution is 1.93. The second-order valence-corrected chi connectivity index (χ2v) is 3.23. The normalized spacial score (nSPS) is 12.1. The molecule has 0 aliphatic heterocycles. The van der Waals surface area contributed by atoms with Gasteiger partial charge in [0.1, 0.15) is 6.04 Å². The van der Waals surface area contributed by atoms with Gasteiger partial charge in [0.15, 0.2) is 0 Å². The fourth-order valence-corrected chi connectivity index (χ4v) is 1.02. The molecule has 1 atom stereocenters. The molecule has 0 fully saturated rings. The molecule has 0 aromatic rings. The van der Waals surface area contributed by atoms with Crippen LogP contribution in [0.2, 0.25) is 0 Å². The Balaban J connectivity index is 3.67. The number of carboxylic acid groups (broad SMARTS) is 1. The van der Waals surface area contributed by atoms with Crippen LogP contribution in [0.25, 0.3) is 0 Å². The van der Waals surface area contributed by atoms with E-state index in [2.05, 4.69) is 5.32 Å². The molecule has 88 valence electrons. The van der Waals surface area contributed by atoms with Gasteiger partial charge in [0, 0.05) is 13.0 Å². The number of hydrogen-bond donors (Lipinski definition) is 2. The first-order valence-corrected chi connectivity index (χ1v) is 5.21. The molecule has 0 rings (SSSR count). The molecule has 0 aromatic heterocycles. The van der Waals surface area contributed by atoms with Crippen molar-refractivity contribution in [3.8, 4) is 0 Å². The lowest BCUT2D eigenvalue weighted by Gasteiger charge is -2.11. The van der Waals surface area contributed by atoms with Gasteiger partial charge in [0.2, 0.25) is 5.91 Å². The number of amides is 1. The summed E-state index contributed by atoms with van der Waals surface area (Å²) in [6.07, 6.45) is 1.51. The zero-order valence-corrected chi connectivity index (χ0v) is 9.28. The SMILES string of the molecule is CCCOCCC(=O)NC(CC)C(=O)O. The van der Waals surface area contributed by atoms with Crippen LogP contribution in [0.3, 0.4) is 0 Å². The Morgan fingerprint density at radius 1 is 1.33 bits per heavy atom. The minimum atomic E-state index is -1.000. The molecule has 0 aliphatic rings. The largest absolute Gasteiger partial charge is 0.480 e. The second-order valence-electron chi connectivity index (χ2n) is 3.23. The maximum Gasteiger partial charge on any atom is 0.326 e. The van der Waals surface area contributed by atoms with Crippen molar-refractivity contribution in [2.24, 2.45) is 0 Å². The molecule has 0 radical (unpaired) electrons. The van der Waals surface area contributed by atoms with Gasteiger partial charge in [-0.3, -0.25) is 4.79 Å². The van der Waals surface area contributed by atoms with Gasteiger partial charge >= 0.3 is 5.97 Å². The summed E-state index contributed by atoms with van der Waals surface area (Å²) >= 11 is 0. The van der Waals surface area contributed by atoms with Gasteiger partial charge in [-0.05, 0) is 12.8 Å². The van der Waals surface area contributed by atoms with Gasteiger partial charge in [-0.1, -0.05) is 13.8 Å². The molecule has 0 heterocycles. The number of ether oxygens (including phenoxy) is 1. The fourth-order valence-electron chi connectivity index (χ4n) is 1.02. The fraction of sp³-hybridized carbons (Fsp3) is 0.800. The summed E-state index contributed by atoms with van der Waals surface area (Å²) in [4.78, 5) is 21.8. The summed E-state index contributed by atoms with van der Waals surface area (Å²) in [6, 6.07) is -0.788. The number of carboxylic acids is 1. The van der Waals surface area contributed by atoms with Crippen LogP contribution >= 0.6 is 0 Å². The topological polar surface area (TPSA) is 75.6 Å². The predicted octanol–water partition coefficient (Wildman–Crippen LogP) is 0.782. The summed E-state index contributed by atoms with van der Waals surface area (Å²) in [5.41, 5.74) is 0. The van der Waals surface area contributed by atoms with Crippen LogP contribution in [0.5, 0.6) is 0 Å². The van der Waals surface area contributed by atoms with Crippen molar-refractivity contribution in [3.63, 3.8) is 0 Å². The van der Waals surface area contributed by atoms with Crippen molar-refractivity contribution in [2.45, 2.75) is 39.2 Å². The molecule has 5 nitrogen and oxygen atoms in total. The van der Waals surface area contributed by atoms with E-state index in [9.17, 15) is 9.59 Å². The third-order valence-electron chi connectivity index (χ3n) is 1.86. The Kier molecular flexibility index (Phi) is 7.62. The van der Waals surface area contributed by atoms with E-state index in [4.69, 9.17) is 9.84 Å². The summed E-state index contributed by atoms with van der Waals surface area (Å²) in [7, 11) is 0. The Labute approximate surface area is 89.8 Å². The molecular formula is C10H19NO4. The van der Waals surface area contributed by atoms with Crippen molar-refractivity contribution in [1.82, 2.24) is 5.32 Å². The molecule has 15 heavy (non-hydrogen) atoms. The van der Waals surface area contributed by atoms with E-state index in [0.717, 1.165) is 6.42 Å². The molecule has 0 spiro atoms. The van der Waals surface area contributed by atoms with E-state index in [1.807, 2.05) is 6.92 Å². The number of nitrogens with one attached hydrogen (secondary N) is 1. The van der Waals surface area contributed by atoms with E-state index in [1.165, 1.54) is 0 Å². The van der Waals surface area contributed by atoms with E-state index in [1.54, 1.807) is 6.92 Å². The number of hydrogen-bond acceptors (Lipinski definition) is 3. The number of carbonyl (C=O) groups is 2. The third-order valence-corrected chi connectivity index (χ3v) is 1.86. The minimum absolute atomic E-state index is 0.212. The zero-order valence-electron chi connectivity index (χ0n) is 9.28. The molecule has 2 N–H and O–H groups in total. The zero-order chi connectivity index (χ0) is 11.7. The highest BCUT2D eigenvalue weighted by Gasteiger charge is 2.16. The molecule has 0 saturated heterocycles. The first-order chi connectivity index (χ1) is 7.11. The third kappa shape index (κ3) is 6.90. The molecule has 1 amide bonds. The van der Waals surface area contributed by atoms with E-state index >= 15 is 0 Å². The van der Waals surface area contributed by atoms with Crippen molar-refractivity contribution >= 4 is 11.9 Å². The average Bonchev–Trinajstić information content (AvgIpc) is 2.20. The quantitative estimate of drug-likeness (QED) is 0.589. The van der Waals surface area contributed by atoms with Crippen molar-refractivity contribution in [3.05, 3.63) is 0 Å². The smallest absolute Gasteiger partial charge is 0.326 e. The lowest BCUT2D eigenvalue weighted by Crippen LogP contribution is -2.40. The van der Waals surface area contributed by atoms with Crippen LogP contribution in [0.4, 0.5) is 0 Å². The summed E-state index contributed by atoms with van der Waals surface area (Å²) in [5, 5.41) is 11.1. The minimum Gasteiger partial charge on any atom is -0.480 e. The van der Waals surface area contributed by atoms with Crippen molar-refractivity contribution < 1.29 is 19.4 Å². The van der Waals surface area contributed by atoms with Gasteiger partial charge in [-0.2, -0.15) is 0 Å². The lowest BCUT2D eigenvalue weighted by molar-refractivity contribution is -0.142. The number of rotatable bonds is 8. The van der Waals surface area contributed by atoms with Gasteiger partial charge in [0.05, 0.1) is 6.61 Å². The maximum absolute atomic E-state index is 11.2. The number of carbonyl (C=O) groups excluding carboxylic acids is 1. The monoisotopic (exact) mass is 217 g/mol. The lowest BCUT2D eigenvalue weighted by atomic mass is 10.2. The first kappa shape index (κ1) is 13.9. The van der Waals surface area contributed by atoms with E-state index in [-0.39, 0.29) is 12.3 Å². The Bertz CT molecular complexity index is 206. The molecular weight excluding hydrogens is 198 g/mol. The van der Waals surface area contributed by atoms with Crippen LogP contribution in [-0.2, 0) is 14.3 Å². The molecule has 0 saturated carbocycles. The van der Waals surface area contributed by atoms with Crippen molar-refractivity contribution in [1.29, 1.82) is 0 Å². The second kappa shape index (κ2) is 8.23. The van der Waals surface area contributed by atoms with Crippen LogP contribution in [0, 0.1) is 0 Å². The summed E-state index contributed by atoms with van der Waals surface area (Å²) < 4.78 is 5.12. The summed E-state index contributed by atoms with van der Waals surface area (Å²) in [5.74, 6) is -1.28. The molecule has 0 bridgehead atoms. The van der Waals surface area contributed by atoms with Crippen molar-refractivity contribution in [2.75, 3.05) is 13.2 Å². The van der Waals surface area contributed by atoms with Crippen LogP contribution in [0.1, 0.15) is 33.1 Å². The van der Waals surface area contributed by atoms with Gasteiger partial charge in [-0.25, -0.2) is 4.79 Å². The van der Waals surface area contributed by atoms with Crippen LogP contribution in [0.15, 0.2) is 0 Å². The first-order valence-electron chi connectivity index (χ1n) is 5.21. The van der Waals surface area contributed by atoms with E-state index in [0.29, 0.717) is 19.6 Å². The van der Waals surface area contributed by atoms with Gasteiger partial charge < -0.3 is 15.2 Å². The Morgan fingerprint density at radius 3 is 2.47 bits per heavy atom. The van der Waals surface area contributed by atoms with Crippen LogP contribution < -0.4 is 5.32 Å². The highest BCUT2D eigenvalue weighted by atomic mass is 16.5. The van der Waals surface area contributed by atoms with E-state index < -0.39 is 12.0 Å². The molecule has 1 unspecified atom stereocenters. The highest BCUT2D eigenvalue weighted by molar-refractivity contribution is 5.83. The molecule has 0 aromatic carbocycles.